The number of hydrogen-bond acceptors (Lipinski definition) is 2. The average molecular weight is 170 g/mol. The number of hydrogen-bond donors (Lipinski definition) is 1. The molecule has 1 N–H and O–H groups in total. The Kier molecular flexibility index (Phi) is 4.02. The van der Waals surface area contributed by atoms with Crippen molar-refractivity contribution in [3.63, 3.8) is 0 Å². The molecule has 72 valence electrons. The summed E-state index contributed by atoms with van der Waals surface area (Å²) in [5.41, 5.74) is 0. The van der Waals surface area contributed by atoms with Crippen molar-refractivity contribution < 1.29 is 0 Å². The molecule has 0 aliphatic carbocycles. The lowest BCUT2D eigenvalue weighted by Gasteiger charge is -2.22. The molecule has 2 atom stereocenters. The van der Waals surface area contributed by atoms with E-state index in [9.17, 15) is 0 Å². The zero-order valence-corrected chi connectivity index (χ0v) is 8.64. The summed E-state index contributed by atoms with van der Waals surface area (Å²) in [6.45, 7) is 8.40. The van der Waals surface area contributed by atoms with E-state index in [1.54, 1.807) is 0 Å². The van der Waals surface area contributed by atoms with Gasteiger partial charge >= 0.3 is 0 Å². The van der Waals surface area contributed by atoms with Crippen LogP contribution in [0.4, 0.5) is 0 Å². The Hall–Kier alpha value is -0.0800. The van der Waals surface area contributed by atoms with Crippen LogP contribution >= 0.6 is 0 Å². The van der Waals surface area contributed by atoms with Crippen LogP contribution in [0.5, 0.6) is 0 Å². The Bertz CT molecular complexity index is 125. The van der Waals surface area contributed by atoms with E-state index in [-0.39, 0.29) is 0 Å². The molecule has 2 nitrogen and oxygen atoms in total. The van der Waals surface area contributed by atoms with E-state index >= 15 is 0 Å². The molecule has 2 unspecified atom stereocenters. The zero-order chi connectivity index (χ0) is 8.97. The molecule has 0 aromatic carbocycles. The highest BCUT2D eigenvalue weighted by Gasteiger charge is 2.24. The summed E-state index contributed by atoms with van der Waals surface area (Å²) in [7, 11) is 2.05. The molecular formula is C10H22N2. The first-order chi connectivity index (χ1) is 5.77. The average Bonchev–Trinajstić information content (AvgIpc) is 2.52. The maximum atomic E-state index is 3.26. The van der Waals surface area contributed by atoms with Crippen LogP contribution in [0.2, 0.25) is 0 Å². The van der Waals surface area contributed by atoms with Gasteiger partial charge in [-0.25, -0.2) is 0 Å². The van der Waals surface area contributed by atoms with E-state index in [1.807, 2.05) is 7.05 Å². The molecule has 0 saturated carbocycles. The van der Waals surface area contributed by atoms with Gasteiger partial charge in [0, 0.05) is 12.6 Å². The fourth-order valence-electron chi connectivity index (χ4n) is 1.98. The molecular weight excluding hydrogens is 148 g/mol. The number of likely N-dealkylation sites (tertiary alicyclic amines) is 1. The Morgan fingerprint density at radius 2 is 2.33 bits per heavy atom. The number of nitrogens with one attached hydrogen (secondary N) is 1. The van der Waals surface area contributed by atoms with Crippen molar-refractivity contribution in [2.45, 2.75) is 32.7 Å². The largest absolute Gasteiger partial charge is 0.319 e. The molecule has 1 fully saturated rings. The van der Waals surface area contributed by atoms with Crippen molar-refractivity contribution in [3.05, 3.63) is 0 Å². The predicted octanol–water partition coefficient (Wildman–Crippen LogP) is 1.33. The Labute approximate surface area is 76.3 Å². The summed E-state index contributed by atoms with van der Waals surface area (Å²) in [6.07, 6.45) is 2.66. The third-order valence-corrected chi connectivity index (χ3v) is 3.02. The Morgan fingerprint density at radius 1 is 1.58 bits per heavy atom. The van der Waals surface area contributed by atoms with E-state index in [1.165, 1.54) is 32.5 Å². The normalized spacial score (nSPS) is 27.8. The Balaban J connectivity index is 2.25. The molecule has 0 radical (unpaired) electrons. The molecule has 12 heavy (non-hydrogen) atoms. The van der Waals surface area contributed by atoms with Crippen LogP contribution in [-0.4, -0.2) is 37.6 Å². The highest BCUT2D eigenvalue weighted by Crippen LogP contribution is 2.18. The van der Waals surface area contributed by atoms with E-state index in [0.29, 0.717) is 0 Å². The summed E-state index contributed by atoms with van der Waals surface area (Å²) in [4.78, 5) is 2.61. The Morgan fingerprint density at radius 3 is 2.92 bits per heavy atom. The van der Waals surface area contributed by atoms with Gasteiger partial charge in [-0.2, -0.15) is 0 Å². The summed E-state index contributed by atoms with van der Waals surface area (Å²) in [6, 6.07) is 0.784. The monoisotopic (exact) mass is 170 g/mol. The maximum Gasteiger partial charge on any atom is 0.00644 e. The van der Waals surface area contributed by atoms with Gasteiger partial charge in [-0.05, 0) is 45.8 Å². The van der Waals surface area contributed by atoms with Crippen LogP contribution in [0.1, 0.15) is 26.7 Å². The molecule has 1 aliphatic rings. The first-order valence-electron chi connectivity index (χ1n) is 5.16. The molecule has 0 bridgehead atoms. The van der Waals surface area contributed by atoms with Crippen molar-refractivity contribution >= 4 is 0 Å². The second-order valence-electron chi connectivity index (χ2n) is 3.96. The lowest BCUT2D eigenvalue weighted by molar-refractivity contribution is 0.243. The fourth-order valence-corrected chi connectivity index (χ4v) is 1.98. The summed E-state index contributed by atoms with van der Waals surface area (Å²) in [5.74, 6) is 0.893. The minimum Gasteiger partial charge on any atom is -0.319 e. The molecule has 0 spiro atoms. The third kappa shape index (κ3) is 2.46. The fraction of sp³-hybridized carbons (Fsp3) is 1.00. The van der Waals surface area contributed by atoms with Gasteiger partial charge in [0.05, 0.1) is 0 Å². The standard InChI is InChI=1S/C10H22N2/c1-4-9(2)12-6-5-10(8-12)7-11-3/h9-11H,4-8H2,1-3H3. The second kappa shape index (κ2) is 4.83. The molecule has 1 aliphatic heterocycles. The quantitative estimate of drug-likeness (QED) is 0.684. The van der Waals surface area contributed by atoms with Gasteiger partial charge in [0.25, 0.3) is 0 Å². The minimum atomic E-state index is 0.784. The highest BCUT2D eigenvalue weighted by molar-refractivity contribution is 4.79. The molecule has 0 aromatic rings. The summed E-state index contributed by atoms with van der Waals surface area (Å²) >= 11 is 0. The van der Waals surface area contributed by atoms with Crippen molar-refractivity contribution in [2.24, 2.45) is 5.92 Å². The number of rotatable bonds is 4. The smallest absolute Gasteiger partial charge is 0.00644 e. The van der Waals surface area contributed by atoms with Gasteiger partial charge in [0.2, 0.25) is 0 Å². The zero-order valence-electron chi connectivity index (χ0n) is 8.64. The van der Waals surface area contributed by atoms with Crippen LogP contribution in [0.25, 0.3) is 0 Å². The second-order valence-corrected chi connectivity index (χ2v) is 3.96. The minimum absolute atomic E-state index is 0.784. The van der Waals surface area contributed by atoms with Crippen LogP contribution in [0.15, 0.2) is 0 Å². The molecule has 1 heterocycles. The van der Waals surface area contributed by atoms with Gasteiger partial charge in [-0.1, -0.05) is 6.92 Å². The van der Waals surface area contributed by atoms with E-state index in [2.05, 4.69) is 24.1 Å². The van der Waals surface area contributed by atoms with E-state index in [0.717, 1.165) is 12.0 Å². The lowest BCUT2D eigenvalue weighted by atomic mass is 10.1. The van der Waals surface area contributed by atoms with Gasteiger partial charge in [0.15, 0.2) is 0 Å². The SMILES string of the molecule is CCC(C)N1CCC(CNC)C1. The van der Waals surface area contributed by atoms with Gasteiger partial charge in [-0.3, -0.25) is 0 Å². The molecule has 0 amide bonds. The van der Waals surface area contributed by atoms with Crippen LogP contribution < -0.4 is 5.32 Å². The lowest BCUT2D eigenvalue weighted by Crippen LogP contribution is -2.31. The van der Waals surface area contributed by atoms with Crippen LogP contribution in [0.3, 0.4) is 0 Å². The maximum absolute atomic E-state index is 3.26. The molecule has 1 rings (SSSR count). The topological polar surface area (TPSA) is 15.3 Å². The molecule has 1 saturated heterocycles. The number of nitrogens with zero attached hydrogens (tertiary/aromatic N) is 1. The van der Waals surface area contributed by atoms with Gasteiger partial charge in [-0.15, -0.1) is 0 Å². The summed E-state index contributed by atoms with van der Waals surface area (Å²) in [5, 5.41) is 3.26. The van der Waals surface area contributed by atoms with Crippen LogP contribution in [-0.2, 0) is 0 Å². The van der Waals surface area contributed by atoms with E-state index in [4.69, 9.17) is 0 Å². The van der Waals surface area contributed by atoms with Crippen molar-refractivity contribution in [1.29, 1.82) is 0 Å². The van der Waals surface area contributed by atoms with Crippen LogP contribution in [0, 0.1) is 5.92 Å². The van der Waals surface area contributed by atoms with Crippen molar-refractivity contribution in [1.82, 2.24) is 10.2 Å². The highest BCUT2D eigenvalue weighted by atomic mass is 15.2. The molecule has 0 aromatic heterocycles. The van der Waals surface area contributed by atoms with Gasteiger partial charge in [0.1, 0.15) is 0 Å². The molecule has 2 heteroatoms. The first-order valence-corrected chi connectivity index (χ1v) is 5.16. The van der Waals surface area contributed by atoms with Gasteiger partial charge < -0.3 is 10.2 Å². The van der Waals surface area contributed by atoms with E-state index < -0.39 is 0 Å². The predicted molar refractivity (Wildman–Crippen MR) is 53.4 cm³/mol. The van der Waals surface area contributed by atoms with Crippen molar-refractivity contribution in [3.8, 4) is 0 Å². The first kappa shape index (κ1) is 10.0. The third-order valence-electron chi connectivity index (χ3n) is 3.02. The summed E-state index contributed by atoms with van der Waals surface area (Å²) < 4.78 is 0. The van der Waals surface area contributed by atoms with Crippen molar-refractivity contribution in [2.75, 3.05) is 26.7 Å².